The van der Waals surface area contributed by atoms with Gasteiger partial charge in [0.05, 0.1) is 0 Å². The van der Waals surface area contributed by atoms with Gasteiger partial charge in [-0.2, -0.15) is 0 Å². The SMILES string of the molecule is Cc1ccc(C(NC(=O)O)C(=O)c2ccc(I)cc2)cc1F. The summed E-state index contributed by atoms with van der Waals surface area (Å²) in [4.78, 5) is 23.5. The highest BCUT2D eigenvalue weighted by Gasteiger charge is 2.24. The van der Waals surface area contributed by atoms with Crippen LogP contribution >= 0.6 is 22.6 Å². The molecule has 4 nitrogen and oxygen atoms in total. The van der Waals surface area contributed by atoms with E-state index >= 15 is 0 Å². The van der Waals surface area contributed by atoms with E-state index in [1.54, 1.807) is 37.3 Å². The highest BCUT2D eigenvalue weighted by atomic mass is 127. The Balaban J connectivity index is 2.40. The van der Waals surface area contributed by atoms with E-state index in [-0.39, 0.29) is 5.56 Å². The fourth-order valence-electron chi connectivity index (χ4n) is 1.99. The number of benzene rings is 2. The molecule has 114 valence electrons. The van der Waals surface area contributed by atoms with E-state index < -0.39 is 23.7 Å². The van der Waals surface area contributed by atoms with Gasteiger partial charge >= 0.3 is 6.09 Å². The Morgan fingerprint density at radius 2 is 1.82 bits per heavy atom. The summed E-state index contributed by atoms with van der Waals surface area (Å²) in [6.07, 6.45) is -1.34. The summed E-state index contributed by atoms with van der Waals surface area (Å²) in [6, 6.07) is 9.83. The van der Waals surface area contributed by atoms with E-state index in [1.807, 2.05) is 0 Å². The lowest BCUT2D eigenvalue weighted by Gasteiger charge is -2.17. The number of halogens is 2. The Labute approximate surface area is 140 Å². The summed E-state index contributed by atoms with van der Waals surface area (Å²) in [5.41, 5.74) is 1.06. The van der Waals surface area contributed by atoms with Gasteiger partial charge in [0.2, 0.25) is 0 Å². The second-order valence-corrected chi connectivity index (χ2v) is 6.01. The van der Waals surface area contributed by atoms with Crippen molar-refractivity contribution >= 4 is 34.5 Å². The molecule has 0 spiro atoms. The number of carboxylic acid groups (broad SMARTS) is 1. The summed E-state index contributed by atoms with van der Waals surface area (Å²) >= 11 is 2.11. The minimum atomic E-state index is -1.34. The molecule has 6 heteroatoms. The molecule has 0 fully saturated rings. The van der Waals surface area contributed by atoms with E-state index in [9.17, 15) is 14.0 Å². The van der Waals surface area contributed by atoms with E-state index in [0.717, 1.165) is 3.57 Å². The molecule has 1 unspecified atom stereocenters. The molecule has 0 radical (unpaired) electrons. The van der Waals surface area contributed by atoms with Crippen LogP contribution in [0.1, 0.15) is 27.5 Å². The van der Waals surface area contributed by atoms with Crippen molar-refractivity contribution < 1.29 is 19.1 Å². The van der Waals surface area contributed by atoms with Gasteiger partial charge in [-0.1, -0.05) is 24.3 Å². The molecule has 22 heavy (non-hydrogen) atoms. The normalized spacial score (nSPS) is 11.8. The highest BCUT2D eigenvalue weighted by Crippen LogP contribution is 2.21. The standard InChI is InChI=1S/C16H13FINO3/c1-9-2-3-11(8-13(9)17)14(19-16(21)22)15(20)10-4-6-12(18)7-5-10/h2-8,14,19H,1H3,(H,21,22). The van der Waals surface area contributed by atoms with Crippen LogP contribution in [0, 0.1) is 16.3 Å². The number of Topliss-reactive ketones (excluding diaryl/α,β-unsaturated/α-hetero) is 1. The van der Waals surface area contributed by atoms with Crippen molar-refractivity contribution in [3.8, 4) is 0 Å². The van der Waals surface area contributed by atoms with Crippen molar-refractivity contribution in [1.29, 1.82) is 0 Å². The molecular weight excluding hydrogens is 400 g/mol. The Bertz CT molecular complexity index is 716. The maximum Gasteiger partial charge on any atom is 0.405 e. The molecule has 1 amide bonds. The van der Waals surface area contributed by atoms with E-state index in [2.05, 4.69) is 27.9 Å². The number of hydrogen-bond acceptors (Lipinski definition) is 2. The Kier molecular flexibility index (Phi) is 5.12. The number of carbonyl (C=O) groups excluding carboxylic acids is 1. The number of rotatable bonds is 4. The lowest BCUT2D eigenvalue weighted by molar-refractivity contribution is 0.0936. The van der Waals surface area contributed by atoms with Crippen LogP contribution < -0.4 is 5.32 Å². The zero-order valence-corrected chi connectivity index (χ0v) is 13.8. The molecule has 2 rings (SSSR count). The summed E-state index contributed by atoms with van der Waals surface area (Å²) in [7, 11) is 0. The van der Waals surface area contributed by atoms with Crippen LogP contribution in [0.3, 0.4) is 0 Å². The zero-order chi connectivity index (χ0) is 16.3. The third-order valence-electron chi connectivity index (χ3n) is 3.19. The molecule has 0 saturated heterocycles. The van der Waals surface area contributed by atoms with Gasteiger partial charge in [0.15, 0.2) is 5.78 Å². The van der Waals surface area contributed by atoms with Gasteiger partial charge in [0.25, 0.3) is 0 Å². The average Bonchev–Trinajstić information content (AvgIpc) is 2.48. The molecule has 0 aromatic heterocycles. The quantitative estimate of drug-likeness (QED) is 0.590. The summed E-state index contributed by atoms with van der Waals surface area (Å²) in [6.45, 7) is 1.60. The number of nitrogens with one attached hydrogen (secondary N) is 1. The van der Waals surface area contributed by atoms with Crippen LogP contribution in [-0.2, 0) is 0 Å². The topological polar surface area (TPSA) is 66.4 Å². The third kappa shape index (κ3) is 3.82. The van der Waals surface area contributed by atoms with Crippen molar-refractivity contribution in [1.82, 2.24) is 5.32 Å². The first kappa shape index (κ1) is 16.4. The highest BCUT2D eigenvalue weighted by molar-refractivity contribution is 14.1. The van der Waals surface area contributed by atoms with Crippen molar-refractivity contribution in [2.75, 3.05) is 0 Å². The summed E-state index contributed by atoms with van der Waals surface area (Å²) in [5, 5.41) is 11.1. The number of amides is 1. The monoisotopic (exact) mass is 413 g/mol. The Hall–Kier alpha value is -1.96. The lowest BCUT2D eigenvalue weighted by atomic mass is 9.96. The number of ketones is 1. The van der Waals surface area contributed by atoms with Gasteiger partial charge in [-0.3, -0.25) is 4.79 Å². The number of carbonyl (C=O) groups is 2. The maximum absolute atomic E-state index is 13.7. The maximum atomic E-state index is 13.7. The van der Waals surface area contributed by atoms with Gasteiger partial charge in [0, 0.05) is 9.13 Å². The predicted molar refractivity (Wildman–Crippen MR) is 88.5 cm³/mol. The minimum Gasteiger partial charge on any atom is -0.465 e. The minimum absolute atomic E-state index is 0.272. The molecule has 0 bridgehead atoms. The predicted octanol–water partition coefficient (Wildman–Crippen LogP) is 3.93. The molecule has 0 aliphatic carbocycles. The molecule has 0 aliphatic heterocycles. The molecule has 0 aliphatic rings. The van der Waals surface area contributed by atoms with E-state index in [1.165, 1.54) is 12.1 Å². The van der Waals surface area contributed by atoms with Gasteiger partial charge < -0.3 is 10.4 Å². The van der Waals surface area contributed by atoms with Crippen molar-refractivity contribution in [2.45, 2.75) is 13.0 Å². The van der Waals surface area contributed by atoms with Gasteiger partial charge in [-0.25, -0.2) is 9.18 Å². The first-order valence-corrected chi connectivity index (χ1v) is 7.51. The molecule has 0 saturated carbocycles. The first-order chi connectivity index (χ1) is 10.4. The van der Waals surface area contributed by atoms with Gasteiger partial charge in [-0.05, 0) is 58.8 Å². The second-order valence-electron chi connectivity index (χ2n) is 4.76. The van der Waals surface area contributed by atoms with Crippen LogP contribution in [0.25, 0.3) is 0 Å². The smallest absolute Gasteiger partial charge is 0.405 e. The van der Waals surface area contributed by atoms with Crippen molar-refractivity contribution in [3.05, 3.63) is 68.5 Å². The molecule has 1 atom stereocenters. The van der Waals surface area contributed by atoms with Crippen LogP contribution in [-0.4, -0.2) is 17.0 Å². The first-order valence-electron chi connectivity index (χ1n) is 6.44. The molecular formula is C16H13FINO3. The lowest BCUT2D eigenvalue weighted by Crippen LogP contribution is -2.32. The summed E-state index contributed by atoms with van der Waals surface area (Å²) in [5.74, 6) is -0.910. The van der Waals surface area contributed by atoms with Crippen LogP contribution in [0.15, 0.2) is 42.5 Å². The molecule has 2 aromatic rings. The van der Waals surface area contributed by atoms with Crippen LogP contribution in [0.2, 0.25) is 0 Å². The average molecular weight is 413 g/mol. The fourth-order valence-corrected chi connectivity index (χ4v) is 2.35. The molecule has 0 heterocycles. The second kappa shape index (κ2) is 6.87. The van der Waals surface area contributed by atoms with E-state index in [4.69, 9.17) is 5.11 Å². The Morgan fingerprint density at radius 3 is 2.36 bits per heavy atom. The van der Waals surface area contributed by atoms with Crippen molar-refractivity contribution in [3.63, 3.8) is 0 Å². The molecule has 2 aromatic carbocycles. The van der Waals surface area contributed by atoms with E-state index in [0.29, 0.717) is 11.1 Å². The number of aryl methyl sites for hydroxylation is 1. The zero-order valence-electron chi connectivity index (χ0n) is 11.6. The van der Waals surface area contributed by atoms with Crippen LogP contribution in [0.4, 0.5) is 9.18 Å². The fraction of sp³-hybridized carbons (Fsp3) is 0.125. The third-order valence-corrected chi connectivity index (χ3v) is 3.91. The molecule has 2 N–H and O–H groups in total. The van der Waals surface area contributed by atoms with Gasteiger partial charge in [-0.15, -0.1) is 0 Å². The van der Waals surface area contributed by atoms with Gasteiger partial charge in [0.1, 0.15) is 11.9 Å². The number of hydrogen-bond donors (Lipinski definition) is 2. The van der Waals surface area contributed by atoms with Crippen molar-refractivity contribution in [2.24, 2.45) is 0 Å². The van der Waals surface area contributed by atoms with Crippen LogP contribution in [0.5, 0.6) is 0 Å². The largest absolute Gasteiger partial charge is 0.465 e. The summed E-state index contributed by atoms with van der Waals surface area (Å²) < 4.78 is 14.7. The Morgan fingerprint density at radius 1 is 1.18 bits per heavy atom.